The molecule has 2 N–H and O–H groups in total. The number of aromatic nitrogens is 2. The van der Waals surface area contributed by atoms with Crippen LogP contribution < -0.4 is 10.5 Å². The van der Waals surface area contributed by atoms with E-state index in [-0.39, 0.29) is 0 Å². The average Bonchev–Trinajstić information content (AvgIpc) is 2.78. The smallest absolute Gasteiger partial charge is 0.119 e. The number of hydrogen-bond acceptors (Lipinski definition) is 3. The highest BCUT2D eigenvalue weighted by Gasteiger charge is 2.07. The number of aryl methyl sites for hydroxylation is 1. The molecule has 0 spiro atoms. The molecule has 0 bridgehead atoms. The van der Waals surface area contributed by atoms with E-state index in [1.54, 1.807) is 7.11 Å². The minimum Gasteiger partial charge on any atom is -0.497 e. The fourth-order valence-electron chi connectivity index (χ4n) is 1.97. The molecule has 4 nitrogen and oxygen atoms in total. The SMILES string of the molecule is COc1ccc(-n2ncc(CCCN)c2C)cc1. The molecule has 1 aromatic heterocycles. The van der Waals surface area contributed by atoms with Gasteiger partial charge in [0.15, 0.2) is 0 Å². The summed E-state index contributed by atoms with van der Waals surface area (Å²) in [6.07, 6.45) is 3.91. The van der Waals surface area contributed by atoms with Gasteiger partial charge >= 0.3 is 0 Å². The third-order valence-corrected chi connectivity index (χ3v) is 3.08. The molecule has 0 saturated heterocycles. The van der Waals surface area contributed by atoms with Crippen LogP contribution in [-0.2, 0) is 6.42 Å². The molecule has 1 aromatic carbocycles. The van der Waals surface area contributed by atoms with Gasteiger partial charge in [-0.1, -0.05) is 0 Å². The van der Waals surface area contributed by atoms with Gasteiger partial charge in [0, 0.05) is 5.69 Å². The first-order chi connectivity index (χ1) is 8.76. The fraction of sp³-hybridized carbons (Fsp3) is 0.357. The third kappa shape index (κ3) is 2.54. The molecule has 0 aliphatic heterocycles. The van der Waals surface area contributed by atoms with Crippen molar-refractivity contribution in [1.29, 1.82) is 0 Å². The van der Waals surface area contributed by atoms with Crippen molar-refractivity contribution in [2.24, 2.45) is 5.73 Å². The number of nitrogens with two attached hydrogens (primary N) is 1. The Kier molecular flexibility index (Phi) is 3.99. The lowest BCUT2D eigenvalue weighted by molar-refractivity contribution is 0.414. The summed E-state index contributed by atoms with van der Waals surface area (Å²) in [6.45, 7) is 2.80. The van der Waals surface area contributed by atoms with Crippen LogP contribution in [-0.4, -0.2) is 23.4 Å². The third-order valence-electron chi connectivity index (χ3n) is 3.08. The molecule has 0 atom stereocenters. The van der Waals surface area contributed by atoms with E-state index in [1.165, 1.54) is 11.3 Å². The summed E-state index contributed by atoms with van der Waals surface area (Å²) in [5.41, 5.74) is 9.02. The summed E-state index contributed by atoms with van der Waals surface area (Å²) in [4.78, 5) is 0. The molecular weight excluding hydrogens is 226 g/mol. The van der Waals surface area contributed by atoms with Gasteiger partial charge in [-0.2, -0.15) is 5.10 Å². The molecule has 0 fully saturated rings. The summed E-state index contributed by atoms with van der Waals surface area (Å²) in [6, 6.07) is 7.89. The zero-order valence-electron chi connectivity index (χ0n) is 10.9. The highest BCUT2D eigenvalue weighted by atomic mass is 16.5. The number of methoxy groups -OCH3 is 1. The van der Waals surface area contributed by atoms with E-state index in [4.69, 9.17) is 10.5 Å². The second kappa shape index (κ2) is 5.69. The van der Waals surface area contributed by atoms with Crippen molar-refractivity contribution in [2.75, 3.05) is 13.7 Å². The minimum atomic E-state index is 0.715. The summed E-state index contributed by atoms with van der Waals surface area (Å²) >= 11 is 0. The maximum absolute atomic E-state index is 5.54. The van der Waals surface area contributed by atoms with Gasteiger partial charge in [-0.15, -0.1) is 0 Å². The van der Waals surface area contributed by atoms with E-state index in [2.05, 4.69) is 12.0 Å². The van der Waals surface area contributed by atoms with E-state index < -0.39 is 0 Å². The lowest BCUT2D eigenvalue weighted by atomic mass is 10.1. The number of ether oxygens (including phenoxy) is 1. The summed E-state index contributed by atoms with van der Waals surface area (Å²) < 4.78 is 7.10. The quantitative estimate of drug-likeness (QED) is 0.877. The predicted octanol–water partition coefficient (Wildman–Crippen LogP) is 2.08. The highest BCUT2D eigenvalue weighted by molar-refractivity contribution is 5.39. The van der Waals surface area contributed by atoms with Gasteiger partial charge in [-0.05, 0) is 56.1 Å². The zero-order valence-corrected chi connectivity index (χ0v) is 10.9. The van der Waals surface area contributed by atoms with E-state index in [0.717, 1.165) is 24.3 Å². The van der Waals surface area contributed by atoms with Gasteiger partial charge in [0.25, 0.3) is 0 Å². The predicted molar refractivity (Wildman–Crippen MR) is 72.2 cm³/mol. The Balaban J connectivity index is 2.24. The molecule has 0 radical (unpaired) electrons. The zero-order chi connectivity index (χ0) is 13.0. The van der Waals surface area contributed by atoms with Crippen LogP contribution in [0.2, 0.25) is 0 Å². The second-order valence-electron chi connectivity index (χ2n) is 4.26. The Morgan fingerprint density at radius 1 is 1.28 bits per heavy atom. The van der Waals surface area contributed by atoms with Crippen LogP contribution in [0.5, 0.6) is 5.75 Å². The number of benzene rings is 1. The van der Waals surface area contributed by atoms with Crippen LogP contribution in [0.3, 0.4) is 0 Å². The van der Waals surface area contributed by atoms with Crippen LogP contribution in [0.1, 0.15) is 17.7 Å². The second-order valence-corrected chi connectivity index (χ2v) is 4.26. The van der Waals surface area contributed by atoms with Gasteiger partial charge in [0.05, 0.1) is 19.0 Å². The summed E-state index contributed by atoms with van der Waals surface area (Å²) in [5.74, 6) is 0.854. The van der Waals surface area contributed by atoms with Crippen LogP contribution in [0.4, 0.5) is 0 Å². The molecule has 0 aliphatic rings. The van der Waals surface area contributed by atoms with Crippen LogP contribution >= 0.6 is 0 Å². The van der Waals surface area contributed by atoms with Gasteiger partial charge in [-0.3, -0.25) is 0 Å². The molecule has 1 heterocycles. The van der Waals surface area contributed by atoms with Gasteiger partial charge < -0.3 is 10.5 Å². The largest absolute Gasteiger partial charge is 0.497 e. The maximum atomic E-state index is 5.54. The van der Waals surface area contributed by atoms with E-state index in [9.17, 15) is 0 Å². The number of hydrogen-bond donors (Lipinski definition) is 1. The molecule has 0 amide bonds. The van der Waals surface area contributed by atoms with Gasteiger partial charge in [0.2, 0.25) is 0 Å². The van der Waals surface area contributed by atoms with Gasteiger partial charge in [-0.25, -0.2) is 4.68 Å². The molecule has 0 unspecified atom stereocenters. The Labute approximate surface area is 107 Å². The van der Waals surface area contributed by atoms with Crippen molar-refractivity contribution in [3.05, 3.63) is 41.7 Å². The molecule has 96 valence electrons. The van der Waals surface area contributed by atoms with Crippen LogP contribution in [0, 0.1) is 6.92 Å². The van der Waals surface area contributed by atoms with E-state index in [0.29, 0.717) is 6.54 Å². The molecule has 4 heteroatoms. The first-order valence-electron chi connectivity index (χ1n) is 6.14. The van der Waals surface area contributed by atoms with Crippen molar-refractivity contribution in [1.82, 2.24) is 9.78 Å². The number of rotatable bonds is 5. The summed E-state index contributed by atoms with van der Waals surface area (Å²) in [5, 5.41) is 4.43. The monoisotopic (exact) mass is 245 g/mol. The molecule has 0 aliphatic carbocycles. The molecular formula is C14H19N3O. The van der Waals surface area contributed by atoms with E-state index >= 15 is 0 Å². The Morgan fingerprint density at radius 2 is 2.00 bits per heavy atom. The maximum Gasteiger partial charge on any atom is 0.119 e. The van der Waals surface area contributed by atoms with Crippen molar-refractivity contribution in [3.63, 3.8) is 0 Å². The first-order valence-corrected chi connectivity index (χ1v) is 6.14. The molecule has 2 rings (SSSR count). The number of nitrogens with zero attached hydrogens (tertiary/aromatic N) is 2. The van der Waals surface area contributed by atoms with Crippen molar-refractivity contribution >= 4 is 0 Å². The Morgan fingerprint density at radius 3 is 2.61 bits per heavy atom. The Bertz CT molecular complexity index is 502. The van der Waals surface area contributed by atoms with Gasteiger partial charge in [0.1, 0.15) is 5.75 Å². The van der Waals surface area contributed by atoms with Crippen LogP contribution in [0.15, 0.2) is 30.5 Å². The fourth-order valence-corrected chi connectivity index (χ4v) is 1.97. The average molecular weight is 245 g/mol. The Hall–Kier alpha value is -1.81. The lowest BCUT2D eigenvalue weighted by Crippen LogP contribution is -2.02. The molecule has 18 heavy (non-hydrogen) atoms. The van der Waals surface area contributed by atoms with E-state index in [1.807, 2.05) is 35.1 Å². The summed E-state index contributed by atoms with van der Waals surface area (Å²) in [7, 11) is 1.67. The highest BCUT2D eigenvalue weighted by Crippen LogP contribution is 2.18. The lowest BCUT2D eigenvalue weighted by Gasteiger charge is -2.06. The minimum absolute atomic E-state index is 0.715. The standard InChI is InChI=1S/C14H19N3O/c1-11-12(4-3-9-15)10-16-17(11)13-5-7-14(18-2)8-6-13/h5-8,10H,3-4,9,15H2,1-2H3. The molecule has 2 aromatic rings. The van der Waals surface area contributed by atoms with Crippen molar-refractivity contribution < 1.29 is 4.74 Å². The van der Waals surface area contributed by atoms with Crippen LogP contribution in [0.25, 0.3) is 5.69 Å². The van der Waals surface area contributed by atoms with Crippen molar-refractivity contribution in [2.45, 2.75) is 19.8 Å². The first kappa shape index (κ1) is 12.6. The topological polar surface area (TPSA) is 53.1 Å². The molecule has 0 saturated carbocycles. The van der Waals surface area contributed by atoms with Crippen molar-refractivity contribution in [3.8, 4) is 11.4 Å². The normalized spacial score (nSPS) is 10.6.